The quantitative estimate of drug-likeness (QED) is 0.573. The maximum atomic E-state index is 13.4. The molecule has 19 heavy (non-hydrogen) atoms. The first-order valence-electron chi connectivity index (χ1n) is 4.87. The molecule has 0 aliphatic heterocycles. The number of hydrogen-bond donors (Lipinski definition) is 2. The van der Waals surface area contributed by atoms with Crippen molar-refractivity contribution in [2.24, 2.45) is 5.73 Å². The molecule has 10 heteroatoms. The lowest BCUT2D eigenvalue weighted by Crippen LogP contribution is -2.33. The van der Waals surface area contributed by atoms with Gasteiger partial charge in [0, 0.05) is 6.07 Å². The van der Waals surface area contributed by atoms with Gasteiger partial charge in [0.2, 0.25) is 21.7 Å². The maximum absolute atomic E-state index is 13.4. The van der Waals surface area contributed by atoms with E-state index in [-0.39, 0.29) is 5.56 Å². The number of amides is 1. The Labute approximate surface area is 107 Å². The van der Waals surface area contributed by atoms with Gasteiger partial charge in [-0.1, -0.05) is 0 Å². The van der Waals surface area contributed by atoms with Crippen LogP contribution in [0.2, 0.25) is 0 Å². The van der Waals surface area contributed by atoms with Gasteiger partial charge in [-0.3, -0.25) is 14.9 Å². The number of nitrogens with zero attached hydrogens (tertiary/aromatic N) is 1. The van der Waals surface area contributed by atoms with Crippen molar-refractivity contribution < 1.29 is 22.5 Å². The van der Waals surface area contributed by atoms with Crippen LogP contribution in [0, 0.1) is 22.9 Å². The zero-order valence-corrected chi connectivity index (χ0v) is 10.5. The third-order valence-electron chi connectivity index (χ3n) is 2.15. The van der Waals surface area contributed by atoms with Crippen LogP contribution < -0.4 is 10.5 Å². The molecule has 1 rings (SSSR count). The molecule has 0 aromatic heterocycles. The van der Waals surface area contributed by atoms with Gasteiger partial charge < -0.3 is 5.73 Å². The van der Waals surface area contributed by atoms with E-state index in [0.29, 0.717) is 6.07 Å². The van der Waals surface area contributed by atoms with Crippen molar-refractivity contribution in [3.8, 4) is 0 Å². The van der Waals surface area contributed by atoms with Crippen molar-refractivity contribution >= 4 is 21.6 Å². The predicted octanol–water partition coefficient (Wildman–Crippen LogP) is -0.194. The summed E-state index contributed by atoms with van der Waals surface area (Å²) >= 11 is 0. The molecule has 8 nitrogen and oxygen atoms in total. The average Bonchev–Trinajstić information content (AvgIpc) is 2.29. The van der Waals surface area contributed by atoms with Gasteiger partial charge in [0.25, 0.3) is 0 Å². The van der Waals surface area contributed by atoms with Gasteiger partial charge in [0.1, 0.15) is 0 Å². The first-order valence-corrected chi connectivity index (χ1v) is 6.36. The van der Waals surface area contributed by atoms with Gasteiger partial charge >= 0.3 is 5.69 Å². The number of aryl methyl sites for hydroxylation is 1. The lowest BCUT2D eigenvalue weighted by Gasteiger charge is -2.06. The summed E-state index contributed by atoms with van der Waals surface area (Å²) in [5, 5.41) is 10.6. The van der Waals surface area contributed by atoms with Gasteiger partial charge in [-0.05, 0) is 18.6 Å². The van der Waals surface area contributed by atoms with Crippen LogP contribution in [-0.2, 0) is 14.8 Å². The summed E-state index contributed by atoms with van der Waals surface area (Å²) in [5.74, 6) is -2.03. The van der Waals surface area contributed by atoms with Crippen molar-refractivity contribution in [2.75, 3.05) is 6.54 Å². The number of nitrogens with one attached hydrogen (secondary N) is 1. The van der Waals surface area contributed by atoms with E-state index < -0.39 is 43.8 Å². The number of nitrogens with two attached hydrogens (primary N) is 1. The molecule has 1 aromatic rings. The van der Waals surface area contributed by atoms with Crippen molar-refractivity contribution in [2.45, 2.75) is 11.8 Å². The van der Waals surface area contributed by atoms with Crippen molar-refractivity contribution in [1.82, 2.24) is 4.72 Å². The van der Waals surface area contributed by atoms with Gasteiger partial charge in [0.15, 0.2) is 0 Å². The van der Waals surface area contributed by atoms with Crippen LogP contribution in [0.15, 0.2) is 17.0 Å². The number of primary amides is 1. The number of sulfonamides is 1. The highest BCUT2D eigenvalue weighted by atomic mass is 32.2. The molecule has 0 saturated heterocycles. The SMILES string of the molecule is Cc1cc(S(=O)(=O)NCC(N)=O)cc([N+](=O)[O-])c1F. The number of nitro groups is 1. The Morgan fingerprint density at radius 3 is 2.58 bits per heavy atom. The lowest BCUT2D eigenvalue weighted by atomic mass is 10.2. The Hall–Kier alpha value is -2.07. The van der Waals surface area contributed by atoms with Gasteiger partial charge in [0.05, 0.1) is 16.4 Å². The van der Waals surface area contributed by atoms with E-state index in [2.05, 4.69) is 0 Å². The van der Waals surface area contributed by atoms with Crippen LogP contribution in [0.4, 0.5) is 10.1 Å². The van der Waals surface area contributed by atoms with E-state index in [1.165, 1.54) is 6.92 Å². The van der Waals surface area contributed by atoms with Crippen LogP contribution in [0.1, 0.15) is 5.56 Å². The molecule has 104 valence electrons. The highest BCUT2D eigenvalue weighted by molar-refractivity contribution is 7.89. The average molecular weight is 291 g/mol. The summed E-state index contributed by atoms with van der Waals surface area (Å²) in [4.78, 5) is 19.5. The summed E-state index contributed by atoms with van der Waals surface area (Å²) in [6.07, 6.45) is 0. The number of hydrogen-bond acceptors (Lipinski definition) is 5. The summed E-state index contributed by atoms with van der Waals surface area (Å²) in [6, 6.07) is 1.50. The second-order valence-corrected chi connectivity index (χ2v) is 5.39. The van der Waals surface area contributed by atoms with Crippen LogP contribution in [0.3, 0.4) is 0 Å². The highest BCUT2D eigenvalue weighted by Crippen LogP contribution is 2.24. The van der Waals surface area contributed by atoms with E-state index in [4.69, 9.17) is 5.73 Å². The fourth-order valence-corrected chi connectivity index (χ4v) is 2.35. The topological polar surface area (TPSA) is 132 Å². The number of benzene rings is 1. The zero-order chi connectivity index (χ0) is 14.8. The van der Waals surface area contributed by atoms with Crippen LogP contribution >= 0.6 is 0 Å². The monoisotopic (exact) mass is 291 g/mol. The predicted molar refractivity (Wildman–Crippen MR) is 62.2 cm³/mol. The summed E-state index contributed by atoms with van der Waals surface area (Å²) in [5.41, 5.74) is 3.62. The molecule has 3 N–H and O–H groups in total. The Morgan fingerprint density at radius 2 is 2.11 bits per heavy atom. The van der Waals surface area contributed by atoms with Crippen LogP contribution in [0.25, 0.3) is 0 Å². The third kappa shape index (κ3) is 3.45. The van der Waals surface area contributed by atoms with Crippen LogP contribution in [-0.4, -0.2) is 25.8 Å². The summed E-state index contributed by atoms with van der Waals surface area (Å²) in [6.45, 7) is 0.530. The standard InChI is InChI=1S/C9H10FN3O5S/c1-5-2-6(3-7(9(5)10)13(15)16)19(17,18)12-4-8(11)14/h2-3,12H,4H2,1H3,(H2,11,14). The lowest BCUT2D eigenvalue weighted by molar-refractivity contribution is -0.387. The first kappa shape index (κ1) is 15.0. The van der Waals surface area contributed by atoms with Crippen molar-refractivity contribution in [3.05, 3.63) is 33.6 Å². The summed E-state index contributed by atoms with van der Waals surface area (Å²) in [7, 11) is -4.17. The van der Waals surface area contributed by atoms with Crippen molar-refractivity contribution in [3.63, 3.8) is 0 Å². The minimum absolute atomic E-state index is 0.200. The van der Waals surface area contributed by atoms with E-state index >= 15 is 0 Å². The largest absolute Gasteiger partial charge is 0.369 e. The fraction of sp³-hybridized carbons (Fsp3) is 0.222. The molecular weight excluding hydrogens is 281 g/mol. The highest BCUT2D eigenvalue weighted by Gasteiger charge is 2.23. The molecular formula is C9H10FN3O5S. The molecule has 1 aromatic carbocycles. The zero-order valence-electron chi connectivity index (χ0n) is 9.71. The Morgan fingerprint density at radius 1 is 1.53 bits per heavy atom. The van der Waals surface area contributed by atoms with E-state index in [1.54, 1.807) is 0 Å². The molecule has 0 saturated carbocycles. The molecule has 0 heterocycles. The minimum Gasteiger partial charge on any atom is -0.369 e. The van der Waals surface area contributed by atoms with Gasteiger partial charge in [-0.15, -0.1) is 0 Å². The normalized spacial score (nSPS) is 11.3. The number of halogens is 1. The second-order valence-electron chi connectivity index (χ2n) is 3.62. The molecule has 0 aliphatic rings. The summed E-state index contributed by atoms with van der Waals surface area (Å²) < 4.78 is 38.7. The number of rotatable bonds is 5. The Bertz CT molecular complexity index is 644. The molecule has 0 radical (unpaired) electrons. The second kappa shape index (κ2) is 5.28. The molecule has 0 aliphatic carbocycles. The molecule has 0 fully saturated rings. The van der Waals surface area contributed by atoms with E-state index in [1.807, 2.05) is 4.72 Å². The van der Waals surface area contributed by atoms with Crippen LogP contribution in [0.5, 0.6) is 0 Å². The third-order valence-corrected chi connectivity index (χ3v) is 3.53. The molecule has 0 bridgehead atoms. The van der Waals surface area contributed by atoms with Gasteiger partial charge in [-0.2, -0.15) is 4.39 Å². The molecule has 1 amide bonds. The molecule has 0 spiro atoms. The van der Waals surface area contributed by atoms with E-state index in [9.17, 15) is 27.7 Å². The fourth-order valence-electron chi connectivity index (χ4n) is 1.26. The number of nitro benzene ring substituents is 1. The van der Waals surface area contributed by atoms with E-state index in [0.717, 1.165) is 6.07 Å². The molecule has 0 atom stereocenters. The number of carbonyl (C=O) groups excluding carboxylic acids is 1. The maximum Gasteiger partial charge on any atom is 0.306 e. The first-order chi connectivity index (χ1) is 8.65. The Balaban J connectivity index is 3.28. The smallest absolute Gasteiger partial charge is 0.306 e. The molecule has 0 unspecified atom stereocenters. The van der Waals surface area contributed by atoms with Gasteiger partial charge in [-0.25, -0.2) is 13.1 Å². The minimum atomic E-state index is -4.17. The number of carbonyl (C=O) groups is 1. The Kier molecular flexibility index (Phi) is 4.17. The van der Waals surface area contributed by atoms with Crippen molar-refractivity contribution in [1.29, 1.82) is 0 Å².